The average molecular weight is 340 g/mol. The number of nitro groups is 1. The van der Waals surface area contributed by atoms with Crippen LogP contribution in [0.2, 0.25) is 0 Å². The van der Waals surface area contributed by atoms with E-state index < -0.39 is 53.0 Å². The van der Waals surface area contributed by atoms with Crippen molar-refractivity contribution < 1.29 is 26.1 Å². The minimum atomic E-state index is -4.43. The fourth-order valence-electron chi connectivity index (χ4n) is 1.71. The molecule has 0 saturated carbocycles. The first-order chi connectivity index (χ1) is 9.44. The summed E-state index contributed by atoms with van der Waals surface area (Å²) in [5, 5.41) is 10.8. The molecule has 1 rings (SSSR count). The first-order valence-corrected chi connectivity index (χ1v) is 9.11. The van der Waals surface area contributed by atoms with Crippen LogP contribution in [0.15, 0.2) is 23.1 Å². The van der Waals surface area contributed by atoms with E-state index in [4.69, 9.17) is 0 Å². The molecule has 8 nitrogen and oxygen atoms in total. The first kappa shape index (κ1) is 17.5. The molecule has 1 atom stereocenters. The van der Waals surface area contributed by atoms with Gasteiger partial charge in [0.1, 0.15) is 9.84 Å². The number of benzene rings is 1. The standard InChI is InChI=1S/C10H13FN2O6S2/c1-7(6-20(2,16)17)12-21(18,19)9-5-3-4-8(11)10(9)13(14)15/h3-5,7,12H,6H2,1-2H3. The summed E-state index contributed by atoms with van der Waals surface area (Å²) < 4.78 is 61.6. The quantitative estimate of drug-likeness (QED) is 0.592. The summed E-state index contributed by atoms with van der Waals surface area (Å²) in [6.45, 7) is 1.28. The second-order valence-electron chi connectivity index (χ2n) is 4.46. The van der Waals surface area contributed by atoms with Gasteiger partial charge in [-0.05, 0) is 19.1 Å². The highest BCUT2D eigenvalue weighted by Gasteiger charge is 2.30. The smallest absolute Gasteiger partial charge is 0.258 e. The molecule has 1 unspecified atom stereocenters. The number of sulfonamides is 1. The highest BCUT2D eigenvalue weighted by Crippen LogP contribution is 2.26. The van der Waals surface area contributed by atoms with Crippen molar-refractivity contribution in [2.24, 2.45) is 0 Å². The van der Waals surface area contributed by atoms with Crippen molar-refractivity contribution >= 4 is 25.5 Å². The van der Waals surface area contributed by atoms with Crippen LogP contribution >= 0.6 is 0 Å². The van der Waals surface area contributed by atoms with E-state index in [1.54, 1.807) is 0 Å². The van der Waals surface area contributed by atoms with E-state index in [0.717, 1.165) is 24.5 Å². The van der Waals surface area contributed by atoms with Gasteiger partial charge in [-0.2, -0.15) is 4.39 Å². The predicted octanol–water partition coefficient (Wildman–Crippen LogP) is 0.445. The zero-order chi connectivity index (χ0) is 16.4. The number of para-hydroxylation sites is 1. The number of nitrogens with one attached hydrogen (secondary N) is 1. The molecule has 0 saturated heterocycles. The van der Waals surface area contributed by atoms with Gasteiger partial charge in [-0.3, -0.25) is 10.1 Å². The van der Waals surface area contributed by atoms with Crippen molar-refractivity contribution in [2.45, 2.75) is 17.9 Å². The Bertz CT molecular complexity index is 760. The highest BCUT2D eigenvalue weighted by atomic mass is 32.2. The van der Waals surface area contributed by atoms with Crippen molar-refractivity contribution in [1.82, 2.24) is 4.72 Å². The molecule has 0 aliphatic heterocycles. The van der Waals surface area contributed by atoms with Gasteiger partial charge in [-0.1, -0.05) is 6.07 Å². The second kappa shape index (κ2) is 6.03. The molecule has 1 aromatic carbocycles. The van der Waals surface area contributed by atoms with Crippen LogP contribution in [0.3, 0.4) is 0 Å². The molecular weight excluding hydrogens is 327 g/mol. The summed E-state index contributed by atoms with van der Waals surface area (Å²) in [6, 6.07) is 1.62. The third-order valence-corrected chi connectivity index (χ3v) is 5.06. The predicted molar refractivity (Wildman–Crippen MR) is 72.5 cm³/mol. The molecule has 21 heavy (non-hydrogen) atoms. The van der Waals surface area contributed by atoms with Gasteiger partial charge < -0.3 is 0 Å². The maximum atomic E-state index is 13.4. The lowest BCUT2D eigenvalue weighted by molar-refractivity contribution is -0.390. The lowest BCUT2D eigenvalue weighted by atomic mass is 10.3. The van der Waals surface area contributed by atoms with Gasteiger partial charge in [-0.25, -0.2) is 21.6 Å². The summed E-state index contributed by atoms with van der Waals surface area (Å²) in [4.78, 5) is 8.78. The maximum absolute atomic E-state index is 13.4. The molecule has 0 heterocycles. The summed E-state index contributed by atoms with van der Waals surface area (Å²) in [5.74, 6) is -1.78. The molecule has 1 aromatic rings. The van der Waals surface area contributed by atoms with Gasteiger partial charge in [0.15, 0.2) is 4.90 Å². The maximum Gasteiger partial charge on any atom is 0.324 e. The molecule has 0 bridgehead atoms. The summed E-state index contributed by atoms with van der Waals surface area (Å²) >= 11 is 0. The zero-order valence-corrected chi connectivity index (χ0v) is 12.7. The molecule has 0 radical (unpaired) electrons. The average Bonchev–Trinajstić information content (AvgIpc) is 2.24. The van der Waals surface area contributed by atoms with Crippen LogP contribution in [0.1, 0.15) is 6.92 Å². The third-order valence-electron chi connectivity index (χ3n) is 2.33. The Kier molecular flexibility index (Phi) is 5.02. The number of sulfone groups is 1. The third kappa shape index (κ3) is 4.72. The minimum absolute atomic E-state index is 0.491. The first-order valence-electron chi connectivity index (χ1n) is 5.57. The molecule has 0 spiro atoms. The molecule has 0 aromatic heterocycles. The van der Waals surface area contributed by atoms with E-state index in [2.05, 4.69) is 0 Å². The lowest BCUT2D eigenvalue weighted by Gasteiger charge is -2.13. The Labute approximate surface area is 121 Å². The molecule has 0 aliphatic carbocycles. The van der Waals surface area contributed by atoms with Crippen LogP contribution in [0, 0.1) is 15.9 Å². The van der Waals surface area contributed by atoms with Crippen LogP contribution in [0.25, 0.3) is 0 Å². The largest absolute Gasteiger partial charge is 0.324 e. The number of hydrogen-bond donors (Lipinski definition) is 1. The van der Waals surface area contributed by atoms with E-state index in [1.807, 2.05) is 4.72 Å². The molecule has 0 amide bonds. The SMILES string of the molecule is CC(CS(C)(=O)=O)NS(=O)(=O)c1cccc(F)c1[N+](=O)[O-]. The molecule has 118 valence electrons. The van der Waals surface area contributed by atoms with Gasteiger partial charge >= 0.3 is 5.69 Å². The van der Waals surface area contributed by atoms with Gasteiger partial charge in [0.05, 0.1) is 10.7 Å². The number of hydrogen-bond acceptors (Lipinski definition) is 6. The van der Waals surface area contributed by atoms with Gasteiger partial charge in [-0.15, -0.1) is 0 Å². The Morgan fingerprint density at radius 3 is 2.38 bits per heavy atom. The van der Waals surface area contributed by atoms with Crippen LogP contribution in [0.5, 0.6) is 0 Å². The summed E-state index contributed by atoms with van der Waals surface area (Å²) in [5.41, 5.74) is -1.18. The molecule has 0 aliphatic rings. The van der Waals surface area contributed by atoms with Crippen molar-refractivity contribution in [1.29, 1.82) is 0 Å². The van der Waals surface area contributed by atoms with Crippen molar-refractivity contribution in [2.75, 3.05) is 12.0 Å². The molecule has 0 fully saturated rings. The van der Waals surface area contributed by atoms with Crippen LogP contribution in [-0.2, 0) is 19.9 Å². The monoisotopic (exact) mass is 340 g/mol. The summed E-state index contributed by atoms with van der Waals surface area (Å²) in [6.07, 6.45) is 0.919. The van der Waals surface area contributed by atoms with Gasteiger partial charge in [0, 0.05) is 12.3 Å². The number of nitrogens with zero attached hydrogens (tertiary/aromatic N) is 1. The van der Waals surface area contributed by atoms with E-state index in [9.17, 15) is 31.3 Å². The van der Waals surface area contributed by atoms with Crippen molar-refractivity contribution in [3.8, 4) is 0 Å². The molecular formula is C10H13FN2O6S2. The van der Waals surface area contributed by atoms with E-state index in [1.165, 1.54) is 6.92 Å². The Morgan fingerprint density at radius 1 is 1.33 bits per heavy atom. The Hall–Kier alpha value is -1.59. The topological polar surface area (TPSA) is 123 Å². The van der Waals surface area contributed by atoms with E-state index >= 15 is 0 Å². The zero-order valence-electron chi connectivity index (χ0n) is 11.1. The second-order valence-corrected chi connectivity index (χ2v) is 8.33. The number of nitro benzene ring substituents is 1. The minimum Gasteiger partial charge on any atom is -0.258 e. The van der Waals surface area contributed by atoms with Crippen LogP contribution < -0.4 is 4.72 Å². The molecule has 11 heteroatoms. The van der Waals surface area contributed by atoms with Gasteiger partial charge in [0.2, 0.25) is 15.8 Å². The lowest BCUT2D eigenvalue weighted by Crippen LogP contribution is -2.37. The van der Waals surface area contributed by atoms with E-state index in [-0.39, 0.29) is 0 Å². The Balaban J connectivity index is 3.21. The van der Waals surface area contributed by atoms with Gasteiger partial charge in [0.25, 0.3) is 0 Å². The Morgan fingerprint density at radius 2 is 1.90 bits per heavy atom. The number of halogens is 1. The van der Waals surface area contributed by atoms with Crippen LogP contribution in [-0.4, -0.2) is 39.8 Å². The van der Waals surface area contributed by atoms with Crippen molar-refractivity contribution in [3.63, 3.8) is 0 Å². The van der Waals surface area contributed by atoms with E-state index in [0.29, 0.717) is 0 Å². The van der Waals surface area contributed by atoms with Crippen molar-refractivity contribution in [3.05, 3.63) is 34.1 Å². The normalized spacial score (nSPS) is 13.9. The number of rotatable bonds is 6. The summed E-state index contributed by atoms with van der Waals surface area (Å²) in [7, 11) is -7.87. The fraction of sp³-hybridized carbons (Fsp3) is 0.400. The highest BCUT2D eigenvalue weighted by molar-refractivity contribution is 7.91. The fourth-order valence-corrected chi connectivity index (χ4v) is 4.23. The van der Waals surface area contributed by atoms with Crippen LogP contribution in [0.4, 0.5) is 10.1 Å². The molecule has 1 N–H and O–H groups in total.